The highest BCUT2D eigenvalue weighted by Crippen LogP contribution is 2.17. The molecule has 1 amide bonds. The lowest BCUT2D eigenvalue weighted by molar-refractivity contribution is 0.0600. The van der Waals surface area contributed by atoms with Crippen molar-refractivity contribution in [2.24, 2.45) is 0 Å². The Morgan fingerprint density at radius 1 is 1.36 bits per heavy atom. The molecule has 1 N–H and O–H groups in total. The Kier molecular flexibility index (Phi) is 4.87. The van der Waals surface area contributed by atoms with Crippen molar-refractivity contribution >= 4 is 23.2 Å². The van der Waals surface area contributed by atoms with Gasteiger partial charge in [0, 0.05) is 12.1 Å². The summed E-state index contributed by atoms with van der Waals surface area (Å²) in [4.78, 5) is 28.2. The van der Waals surface area contributed by atoms with Crippen molar-refractivity contribution in [2.45, 2.75) is 20.4 Å². The minimum absolute atomic E-state index is 0.0219. The lowest BCUT2D eigenvalue weighted by Crippen LogP contribution is -2.23. The van der Waals surface area contributed by atoms with Crippen LogP contribution in [0.1, 0.15) is 36.3 Å². The van der Waals surface area contributed by atoms with Gasteiger partial charge >= 0.3 is 5.97 Å². The molecule has 5 nitrogen and oxygen atoms in total. The number of benzene rings is 1. The summed E-state index contributed by atoms with van der Waals surface area (Å²) >= 11 is 1.28. The number of thiazole rings is 1. The molecule has 0 saturated heterocycles. The van der Waals surface area contributed by atoms with Gasteiger partial charge in [-0.2, -0.15) is 0 Å². The molecule has 0 radical (unpaired) electrons. The largest absolute Gasteiger partial charge is 0.465 e. The molecule has 0 fully saturated rings. The molecule has 2 rings (SSSR count). The van der Waals surface area contributed by atoms with Gasteiger partial charge < -0.3 is 10.1 Å². The fourth-order valence-electron chi connectivity index (χ4n) is 1.95. The van der Waals surface area contributed by atoms with Crippen LogP contribution in [0.3, 0.4) is 0 Å². The van der Waals surface area contributed by atoms with Gasteiger partial charge in [0.2, 0.25) is 0 Å². The number of carbonyl (C=O) groups excluding carboxylic acids is 2. The van der Waals surface area contributed by atoms with Gasteiger partial charge in [-0.1, -0.05) is 0 Å². The topological polar surface area (TPSA) is 68.3 Å². The van der Waals surface area contributed by atoms with E-state index in [0.717, 1.165) is 5.01 Å². The number of hydrogen-bond acceptors (Lipinski definition) is 5. The van der Waals surface area contributed by atoms with Crippen LogP contribution in [0.4, 0.5) is 4.39 Å². The van der Waals surface area contributed by atoms with Gasteiger partial charge in [-0.3, -0.25) is 4.79 Å². The highest BCUT2D eigenvalue weighted by atomic mass is 32.1. The van der Waals surface area contributed by atoms with Gasteiger partial charge in [0.1, 0.15) is 10.7 Å². The molecule has 22 heavy (non-hydrogen) atoms. The second-order valence-corrected chi connectivity index (χ2v) is 5.83. The van der Waals surface area contributed by atoms with Crippen molar-refractivity contribution in [2.75, 3.05) is 7.11 Å². The third kappa shape index (κ3) is 3.48. The molecular weight excluding hydrogens is 307 g/mol. The standard InChI is InChI=1S/C15H15FN2O3S/c1-8-13(22-9(2)18-8)14(19)17-7-11-6-10(15(20)21-3)4-5-12(11)16/h4-6H,7H2,1-3H3,(H,17,19). The number of amides is 1. The fraction of sp³-hybridized carbons (Fsp3) is 0.267. The second-order valence-electron chi connectivity index (χ2n) is 4.63. The number of aromatic nitrogens is 1. The van der Waals surface area contributed by atoms with Gasteiger partial charge in [-0.25, -0.2) is 14.2 Å². The van der Waals surface area contributed by atoms with Crippen LogP contribution >= 0.6 is 11.3 Å². The molecule has 0 atom stereocenters. The van der Waals surface area contributed by atoms with Crippen molar-refractivity contribution in [1.82, 2.24) is 10.3 Å². The number of methoxy groups -OCH3 is 1. The third-order valence-corrected chi connectivity index (χ3v) is 4.09. The Hall–Kier alpha value is -2.28. The molecule has 7 heteroatoms. The van der Waals surface area contributed by atoms with Crippen molar-refractivity contribution in [3.63, 3.8) is 0 Å². The number of halogens is 1. The molecule has 0 unspecified atom stereocenters. The quantitative estimate of drug-likeness (QED) is 0.879. The Balaban J connectivity index is 2.12. The summed E-state index contributed by atoms with van der Waals surface area (Å²) in [6, 6.07) is 3.88. The van der Waals surface area contributed by atoms with Crippen molar-refractivity contribution < 1.29 is 18.7 Å². The maximum absolute atomic E-state index is 13.8. The normalized spacial score (nSPS) is 10.4. The van der Waals surface area contributed by atoms with E-state index in [0.29, 0.717) is 10.6 Å². The number of hydrogen-bond donors (Lipinski definition) is 1. The van der Waals surface area contributed by atoms with E-state index in [1.807, 2.05) is 6.92 Å². The first kappa shape index (κ1) is 16.1. The summed E-state index contributed by atoms with van der Waals surface area (Å²) in [6.45, 7) is 3.54. The molecule has 1 aromatic carbocycles. The van der Waals surface area contributed by atoms with Crippen LogP contribution in [0.5, 0.6) is 0 Å². The second kappa shape index (κ2) is 6.65. The van der Waals surface area contributed by atoms with E-state index in [9.17, 15) is 14.0 Å². The van der Waals surface area contributed by atoms with Gasteiger partial charge in [-0.05, 0) is 32.0 Å². The molecule has 0 bridgehead atoms. The van der Waals surface area contributed by atoms with Crippen LogP contribution in [-0.4, -0.2) is 24.0 Å². The maximum atomic E-state index is 13.8. The highest BCUT2D eigenvalue weighted by molar-refractivity contribution is 7.13. The molecule has 0 aliphatic rings. The maximum Gasteiger partial charge on any atom is 0.337 e. The average Bonchev–Trinajstić information content (AvgIpc) is 2.84. The van der Waals surface area contributed by atoms with Crippen LogP contribution in [0.2, 0.25) is 0 Å². The zero-order valence-corrected chi connectivity index (χ0v) is 13.2. The number of nitrogens with one attached hydrogen (secondary N) is 1. The van der Waals surface area contributed by atoms with Crippen molar-refractivity contribution in [3.05, 3.63) is 50.7 Å². The molecule has 0 spiro atoms. The molecule has 0 aliphatic heterocycles. The zero-order chi connectivity index (χ0) is 16.3. The average molecular weight is 322 g/mol. The number of aryl methyl sites for hydroxylation is 2. The lowest BCUT2D eigenvalue weighted by Gasteiger charge is -2.07. The minimum Gasteiger partial charge on any atom is -0.465 e. The van der Waals surface area contributed by atoms with E-state index in [1.165, 1.54) is 36.6 Å². The van der Waals surface area contributed by atoms with Gasteiger partial charge in [0.25, 0.3) is 5.91 Å². The Labute approximate surface area is 131 Å². The molecular formula is C15H15FN2O3S. The highest BCUT2D eigenvalue weighted by Gasteiger charge is 2.15. The number of esters is 1. The number of rotatable bonds is 4. The molecule has 0 aliphatic carbocycles. The van der Waals surface area contributed by atoms with E-state index >= 15 is 0 Å². The van der Waals surface area contributed by atoms with Crippen molar-refractivity contribution in [3.8, 4) is 0 Å². The Bertz CT molecular complexity index is 728. The van der Waals surface area contributed by atoms with E-state index in [-0.39, 0.29) is 23.6 Å². The molecule has 1 aromatic heterocycles. The lowest BCUT2D eigenvalue weighted by atomic mass is 10.1. The van der Waals surface area contributed by atoms with E-state index in [2.05, 4.69) is 15.0 Å². The zero-order valence-electron chi connectivity index (χ0n) is 12.4. The van der Waals surface area contributed by atoms with E-state index in [4.69, 9.17) is 0 Å². The van der Waals surface area contributed by atoms with Crippen LogP contribution in [0.25, 0.3) is 0 Å². The van der Waals surface area contributed by atoms with Crippen LogP contribution in [0.15, 0.2) is 18.2 Å². The number of nitrogens with zero attached hydrogens (tertiary/aromatic N) is 1. The summed E-state index contributed by atoms with van der Waals surface area (Å²) in [7, 11) is 1.25. The first-order valence-electron chi connectivity index (χ1n) is 6.51. The summed E-state index contributed by atoms with van der Waals surface area (Å²) in [5.41, 5.74) is 1.09. The molecule has 1 heterocycles. The van der Waals surface area contributed by atoms with Gasteiger partial charge in [0.15, 0.2) is 0 Å². The summed E-state index contributed by atoms with van der Waals surface area (Å²) in [6.07, 6.45) is 0. The minimum atomic E-state index is -0.554. The molecule has 0 saturated carbocycles. The molecule has 116 valence electrons. The first-order chi connectivity index (χ1) is 10.4. The number of ether oxygens (including phenoxy) is 1. The van der Waals surface area contributed by atoms with Crippen molar-refractivity contribution in [1.29, 1.82) is 0 Å². The molecule has 2 aromatic rings. The Morgan fingerprint density at radius 2 is 2.09 bits per heavy atom. The van der Waals surface area contributed by atoms with E-state index < -0.39 is 11.8 Å². The van der Waals surface area contributed by atoms with Crippen LogP contribution < -0.4 is 5.32 Å². The number of carbonyl (C=O) groups is 2. The van der Waals surface area contributed by atoms with E-state index in [1.54, 1.807) is 6.92 Å². The SMILES string of the molecule is COC(=O)c1ccc(F)c(CNC(=O)c2sc(C)nc2C)c1. The first-order valence-corrected chi connectivity index (χ1v) is 7.33. The monoisotopic (exact) mass is 322 g/mol. The third-order valence-electron chi connectivity index (χ3n) is 3.02. The summed E-state index contributed by atoms with van der Waals surface area (Å²) in [5, 5.41) is 3.43. The predicted octanol–water partition coefficient (Wildman–Crippen LogP) is 2.62. The van der Waals surface area contributed by atoms with Gasteiger partial charge in [-0.15, -0.1) is 11.3 Å². The van der Waals surface area contributed by atoms with Crippen LogP contribution in [-0.2, 0) is 11.3 Å². The summed E-state index contributed by atoms with van der Waals surface area (Å²) in [5.74, 6) is -1.36. The van der Waals surface area contributed by atoms with Gasteiger partial charge in [0.05, 0.1) is 23.4 Å². The predicted molar refractivity (Wildman–Crippen MR) is 80.5 cm³/mol. The van der Waals surface area contributed by atoms with Crippen LogP contribution in [0, 0.1) is 19.7 Å². The fourth-order valence-corrected chi connectivity index (χ4v) is 2.79. The Morgan fingerprint density at radius 3 is 2.68 bits per heavy atom. The smallest absolute Gasteiger partial charge is 0.337 e. The summed E-state index contributed by atoms with van der Waals surface area (Å²) < 4.78 is 18.3.